The Bertz CT molecular complexity index is 1540. The lowest BCUT2D eigenvalue weighted by Crippen LogP contribution is -2.37. The Balaban J connectivity index is 1.50. The Hall–Kier alpha value is -3.39. The standard InChI is InChI=1S/C28H25Cl2N5O2/c1-37-17-16-33-26(32-35(27(33)36)23-12-10-22(30)11-13-23)34-18-28(15-14-19-4-2-3-5-24(19)28)25(31-34)20-6-8-21(29)9-7-20/h2-13H,14-18H2,1H3/t28-/m1/s1. The highest BCUT2D eigenvalue weighted by Crippen LogP contribution is 2.46. The molecule has 1 aliphatic carbocycles. The lowest BCUT2D eigenvalue weighted by molar-refractivity contribution is 0.186. The molecule has 0 fully saturated rings. The highest BCUT2D eigenvalue weighted by molar-refractivity contribution is 6.31. The van der Waals surface area contributed by atoms with E-state index in [1.807, 2.05) is 29.3 Å². The molecular formula is C28H25Cl2N5O2. The van der Waals surface area contributed by atoms with E-state index in [9.17, 15) is 4.79 Å². The lowest BCUT2D eigenvalue weighted by atomic mass is 9.75. The van der Waals surface area contributed by atoms with Crippen molar-refractivity contribution in [2.24, 2.45) is 5.10 Å². The summed E-state index contributed by atoms with van der Waals surface area (Å²) in [6, 6.07) is 23.4. The third-order valence-corrected chi connectivity index (χ3v) is 7.73. The number of hydrazone groups is 1. The molecule has 1 aliphatic heterocycles. The fourth-order valence-corrected chi connectivity index (χ4v) is 5.70. The van der Waals surface area contributed by atoms with Gasteiger partial charge in [0.25, 0.3) is 0 Å². The van der Waals surface area contributed by atoms with E-state index >= 15 is 0 Å². The number of aryl methyl sites for hydroxylation is 1. The number of hydrogen-bond donors (Lipinski definition) is 0. The zero-order valence-electron chi connectivity index (χ0n) is 20.3. The fraction of sp³-hybridized carbons (Fsp3) is 0.250. The van der Waals surface area contributed by atoms with Crippen LogP contribution in [0, 0.1) is 0 Å². The molecule has 0 amide bonds. The zero-order chi connectivity index (χ0) is 25.6. The molecule has 0 radical (unpaired) electrons. The Morgan fingerprint density at radius 1 is 0.973 bits per heavy atom. The Morgan fingerprint density at radius 2 is 1.68 bits per heavy atom. The molecule has 0 N–H and O–H groups in total. The number of nitrogens with zero attached hydrogens (tertiary/aromatic N) is 5. The van der Waals surface area contributed by atoms with E-state index in [4.69, 9.17) is 38.1 Å². The smallest absolute Gasteiger partial charge is 0.352 e. The Labute approximate surface area is 224 Å². The molecule has 9 heteroatoms. The van der Waals surface area contributed by atoms with E-state index < -0.39 is 0 Å². The van der Waals surface area contributed by atoms with Gasteiger partial charge in [-0.1, -0.05) is 59.6 Å². The molecule has 0 bridgehead atoms. The first kappa shape index (κ1) is 24.0. The summed E-state index contributed by atoms with van der Waals surface area (Å²) in [6.45, 7) is 1.30. The van der Waals surface area contributed by atoms with Crippen molar-refractivity contribution in [3.05, 3.63) is 110 Å². The van der Waals surface area contributed by atoms with Crippen LogP contribution in [0.15, 0.2) is 82.7 Å². The van der Waals surface area contributed by atoms with Crippen LogP contribution >= 0.6 is 23.2 Å². The summed E-state index contributed by atoms with van der Waals surface area (Å²) in [5.41, 5.74) is 4.62. The van der Waals surface area contributed by atoms with Crippen LogP contribution < -0.4 is 10.7 Å². The third kappa shape index (κ3) is 4.07. The maximum Gasteiger partial charge on any atom is 0.352 e. The molecule has 1 aromatic heterocycles. The summed E-state index contributed by atoms with van der Waals surface area (Å²) in [5.74, 6) is 0.477. The highest BCUT2D eigenvalue weighted by Gasteiger charge is 2.49. The topological polar surface area (TPSA) is 64.7 Å². The van der Waals surface area contributed by atoms with Crippen molar-refractivity contribution in [3.8, 4) is 5.69 Å². The monoisotopic (exact) mass is 533 g/mol. The van der Waals surface area contributed by atoms with E-state index in [0.29, 0.717) is 41.4 Å². The van der Waals surface area contributed by atoms with Gasteiger partial charge in [0.05, 0.1) is 36.5 Å². The van der Waals surface area contributed by atoms with Gasteiger partial charge in [0.15, 0.2) is 0 Å². The van der Waals surface area contributed by atoms with E-state index in [1.165, 1.54) is 15.8 Å². The number of fused-ring (bicyclic) bond motifs is 2. The predicted octanol–water partition coefficient (Wildman–Crippen LogP) is 5.10. The first-order valence-electron chi connectivity index (χ1n) is 12.2. The van der Waals surface area contributed by atoms with Gasteiger partial charge in [0.1, 0.15) is 0 Å². The number of ether oxygens (including phenoxy) is 1. The SMILES string of the molecule is COCCn1c(N2C[C@@]3(CCc4ccccc43)C(c3ccc(Cl)cc3)=N2)nn(-c2ccc(Cl)cc2)c1=O. The Kier molecular flexibility index (Phi) is 6.15. The molecule has 37 heavy (non-hydrogen) atoms. The molecule has 0 saturated heterocycles. The van der Waals surface area contributed by atoms with Crippen LogP contribution in [0.3, 0.4) is 0 Å². The minimum absolute atomic E-state index is 0.259. The van der Waals surface area contributed by atoms with Crippen LogP contribution in [0.1, 0.15) is 23.1 Å². The van der Waals surface area contributed by atoms with E-state index in [0.717, 1.165) is 24.1 Å². The van der Waals surface area contributed by atoms with Crippen molar-refractivity contribution in [1.82, 2.24) is 14.3 Å². The predicted molar refractivity (Wildman–Crippen MR) is 146 cm³/mol. The number of anilines is 1. The normalized spacial score (nSPS) is 18.5. The van der Waals surface area contributed by atoms with Gasteiger partial charge in [-0.15, -0.1) is 5.10 Å². The Morgan fingerprint density at radius 3 is 2.41 bits per heavy atom. The van der Waals surface area contributed by atoms with Gasteiger partial charge in [0, 0.05) is 17.2 Å². The molecule has 6 rings (SSSR count). The highest BCUT2D eigenvalue weighted by atomic mass is 35.5. The summed E-state index contributed by atoms with van der Waals surface area (Å²) >= 11 is 12.3. The molecule has 1 atom stereocenters. The molecule has 188 valence electrons. The van der Waals surface area contributed by atoms with Gasteiger partial charge >= 0.3 is 5.69 Å². The summed E-state index contributed by atoms with van der Waals surface area (Å²) in [5, 5.41) is 13.0. The number of methoxy groups -OCH3 is 1. The van der Waals surface area contributed by atoms with Crippen molar-refractivity contribution in [2.45, 2.75) is 24.8 Å². The summed E-state index contributed by atoms with van der Waals surface area (Å²) in [7, 11) is 1.62. The van der Waals surface area contributed by atoms with Crippen LogP contribution in [0.25, 0.3) is 5.69 Å². The average Bonchev–Trinajstić information content (AvgIpc) is 3.58. The van der Waals surface area contributed by atoms with Gasteiger partial charge in [-0.3, -0.25) is 4.57 Å². The van der Waals surface area contributed by atoms with Gasteiger partial charge in [-0.25, -0.2) is 9.80 Å². The van der Waals surface area contributed by atoms with E-state index in [2.05, 4.69) is 24.3 Å². The minimum atomic E-state index is -0.323. The largest absolute Gasteiger partial charge is 0.383 e. The summed E-state index contributed by atoms with van der Waals surface area (Å²) in [4.78, 5) is 13.5. The van der Waals surface area contributed by atoms with Crippen molar-refractivity contribution in [1.29, 1.82) is 0 Å². The van der Waals surface area contributed by atoms with Crippen LogP contribution in [-0.4, -0.2) is 40.3 Å². The van der Waals surface area contributed by atoms with E-state index in [-0.39, 0.29) is 11.1 Å². The average molecular weight is 534 g/mol. The molecule has 2 aliphatic rings. The van der Waals surface area contributed by atoms with Crippen molar-refractivity contribution in [3.63, 3.8) is 0 Å². The second kappa shape index (κ2) is 9.49. The number of aromatic nitrogens is 3. The quantitative estimate of drug-likeness (QED) is 0.346. The van der Waals surface area contributed by atoms with E-state index in [1.54, 1.807) is 35.9 Å². The van der Waals surface area contributed by atoms with Gasteiger partial charge in [-0.2, -0.15) is 9.78 Å². The van der Waals surface area contributed by atoms with Crippen LogP contribution in [-0.2, 0) is 23.1 Å². The minimum Gasteiger partial charge on any atom is -0.383 e. The van der Waals surface area contributed by atoms with Gasteiger partial charge in [0.2, 0.25) is 5.95 Å². The van der Waals surface area contributed by atoms with Crippen molar-refractivity contribution in [2.75, 3.05) is 25.3 Å². The molecule has 0 unspecified atom stereocenters. The zero-order valence-corrected chi connectivity index (χ0v) is 21.8. The molecule has 3 aromatic carbocycles. The van der Waals surface area contributed by atoms with Crippen LogP contribution in [0.4, 0.5) is 5.95 Å². The second-order valence-corrected chi connectivity index (χ2v) is 10.2. The lowest BCUT2D eigenvalue weighted by Gasteiger charge is -2.27. The number of hydrogen-bond acceptors (Lipinski definition) is 5. The molecule has 0 saturated carbocycles. The fourth-order valence-electron chi connectivity index (χ4n) is 5.44. The maximum atomic E-state index is 13.5. The van der Waals surface area contributed by atoms with Crippen molar-refractivity contribution >= 4 is 34.9 Å². The van der Waals surface area contributed by atoms with Crippen LogP contribution in [0.5, 0.6) is 0 Å². The maximum absolute atomic E-state index is 13.5. The first-order valence-corrected chi connectivity index (χ1v) is 12.9. The first-order chi connectivity index (χ1) is 18.0. The molecule has 1 spiro atoms. The molecule has 2 heterocycles. The number of benzene rings is 3. The molecule has 7 nitrogen and oxygen atoms in total. The molecule has 4 aromatic rings. The second-order valence-electron chi connectivity index (χ2n) is 9.37. The number of rotatable bonds is 6. The number of halogens is 2. The molecular weight excluding hydrogens is 509 g/mol. The van der Waals surface area contributed by atoms with Gasteiger partial charge in [-0.05, 0) is 65.9 Å². The van der Waals surface area contributed by atoms with Crippen LogP contribution in [0.2, 0.25) is 10.0 Å². The summed E-state index contributed by atoms with van der Waals surface area (Å²) < 4.78 is 8.33. The van der Waals surface area contributed by atoms with Crippen molar-refractivity contribution < 1.29 is 4.74 Å². The third-order valence-electron chi connectivity index (χ3n) is 7.23. The summed E-state index contributed by atoms with van der Waals surface area (Å²) in [6.07, 6.45) is 1.89. The van der Waals surface area contributed by atoms with Gasteiger partial charge < -0.3 is 4.74 Å².